The van der Waals surface area contributed by atoms with Gasteiger partial charge in [-0.1, -0.05) is 31.5 Å². The molecule has 0 radical (unpaired) electrons. The van der Waals surface area contributed by atoms with Gasteiger partial charge in [0.05, 0.1) is 5.02 Å². The second-order valence-corrected chi connectivity index (χ2v) is 6.92. The van der Waals surface area contributed by atoms with Gasteiger partial charge in [0, 0.05) is 32.6 Å². The largest absolute Gasteiger partial charge is 0.506 e. The molecule has 1 amide bonds. The molecule has 1 aliphatic heterocycles. The van der Waals surface area contributed by atoms with Gasteiger partial charge in [0.15, 0.2) is 0 Å². The predicted octanol–water partition coefficient (Wildman–Crippen LogP) is 3.17. The number of hydrogen-bond acceptors (Lipinski definition) is 3. The summed E-state index contributed by atoms with van der Waals surface area (Å²) >= 11 is 5.91. The van der Waals surface area contributed by atoms with Crippen molar-refractivity contribution >= 4 is 17.5 Å². The maximum atomic E-state index is 12.5. The molecular weight excluding hydrogens is 312 g/mol. The molecule has 1 aliphatic rings. The zero-order chi connectivity index (χ0) is 17.0. The van der Waals surface area contributed by atoms with Crippen LogP contribution in [0.4, 0.5) is 0 Å². The summed E-state index contributed by atoms with van der Waals surface area (Å²) in [5.41, 5.74) is 0.975. The van der Waals surface area contributed by atoms with Crippen molar-refractivity contribution in [3.63, 3.8) is 0 Å². The Balaban J connectivity index is 1.88. The summed E-state index contributed by atoms with van der Waals surface area (Å²) in [5.74, 6) is 0.757. The number of phenols is 1. The van der Waals surface area contributed by atoms with Crippen LogP contribution < -0.4 is 0 Å². The molecule has 5 heteroatoms. The molecule has 1 heterocycles. The van der Waals surface area contributed by atoms with Crippen molar-refractivity contribution < 1.29 is 9.90 Å². The molecule has 0 spiro atoms. The molecule has 1 aromatic rings. The summed E-state index contributed by atoms with van der Waals surface area (Å²) in [5, 5.41) is 9.78. The minimum absolute atomic E-state index is 0.0790. The number of rotatable bonds is 5. The molecule has 0 bridgehead atoms. The van der Waals surface area contributed by atoms with Crippen LogP contribution in [0.5, 0.6) is 5.75 Å². The number of amides is 1. The molecule has 2 atom stereocenters. The summed E-state index contributed by atoms with van der Waals surface area (Å²) < 4.78 is 0. The van der Waals surface area contributed by atoms with Gasteiger partial charge < -0.3 is 14.9 Å². The smallest absolute Gasteiger partial charge is 0.222 e. The Morgan fingerprint density at radius 2 is 2.22 bits per heavy atom. The Bertz CT molecular complexity index is 550. The first kappa shape index (κ1) is 18.1. The van der Waals surface area contributed by atoms with Crippen LogP contribution in [0.3, 0.4) is 0 Å². The second kappa shape index (κ2) is 8.02. The number of aromatic hydroxyl groups is 1. The van der Waals surface area contributed by atoms with E-state index in [1.54, 1.807) is 12.1 Å². The number of halogens is 1. The SMILES string of the molecule is CCN1CCC(N(C)C(=O)CCc2ccc(O)c(Cl)c2)C(C)C1. The fourth-order valence-corrected chi connectivity index (χ4v) is 3.60. The summed E-state index contributed by atoms with van der Waals surface area (Å²) in [4.78, 5) is 16.9. The molecule has 4 nitrogen and oxygen atoms in total. The highest BCUT2D eigenvalue weighted by molar-refractivity contribution is 6.32. The monoisotopic (exact) mass is 338 g/mol. The van der Waals surface area contributed by atoms with Gasteiger partial charge in [-0.3, -0.25) is 4.79 Å². The summed E-state index contributed by atoms with van der Waals surface area (Å²) in [6.07, 6.45) is 2.16. The van der Waals surface area contributed by atoms with E-state index in [4.69, 9.17) is 11.6 Å². The van der Waals surface area contributed by atoms with E-state index in [-0.39, 0.29) is 11.7 Å². The lowest BCUT2D eigenvalue weighted by Gasteiger charge is -2.41. The van der Waals surface area contributed by atoms with Crippen LogP contribution in [-0.2, 0) is 11.2 Å². The lowest BCUT2D eigenvalue weighted by Crippen LogP contribution is -2.50. The zero-order valence-corrected chi connectivity index (χ0v) is 15.0. The molecule has 1 aromatic carbocycles. The minimum Gasteiger partial charge on any atom is -0.506 e. The minimum atomic E-state index is 0.0790. The average molecular weight is 339 g/mol. The van der Waals surface area contributed by atoms with Crippen LogP contribution in [-0.4, -0.2) is 53.5 Å². The predicted molar refractivity (Wildman–Crippen MR) is 93.9 cm³/mol. The molecule has 2 rings (SSSR count). The zero-order valence-electron chi connectivity index (χ0n) is 14.3. The van der Waals surface area contributed by atoms with E-state index in [2.05, 4.69) is 18.7 Å². The van der Waals surface area contributed by atoms with E-state index in [9.17, 15) is 9.90 Å². The van der Waals surface area contributed by atoms with Crippen LogP contribution in [0.25, 0.3) is 0 Å². The molecule has 128 valence electrons. The van der Waals surface area contributed by atoms with Gasteiger partial charge in [-0.15, -0.1) is 0 Å². The number of benzene rings is 1. The topological polar surface area (TPSA) is 43.8 Å². The Labute approximate surface area is 144 Å². The quantitative estimate of drug-likeness (QED) is 0.896. The van der Waals surface area contributed by atoms with E-state index < -0.39 is 0 Å². The number of piperidine rings is 1. The maximum absolute atomic E-state index is 12.5. The number of likely N-dealkylation sites (tertiary alicyclic amines) is 1. The lowest BCUT2D eigenvalue weighted by molar-refractivity contribution is -0.134. The lowest BCUT2D eigenvalue weighted by atomic mass is 9.92. The third-order valence-corrected chi connectivity index (χ3v) is 5.22. The summed E-state index contributed by atoms with van der Waals surface area (Å²) in [7, 11) is 1.93. The fraction of sp³-hybridized carbons (Fsp3) is 0.611. The van der Waals surface area contributed by atoms with Gasteiger partial charge in [-0.05, 0) is 43.0 Å². The van der Waals surface area contributed by atoms with E-state index in [0.29, 0.717) is 29.8 Å². The van der Waals surface area contributed by atoms with Gasteiger partial charge in [-0.2, -0.15) is 0 Å². The normalized spacial score (nSPS) is 22.1. The van der Waals surface area contributed by atoms with Crippen molar-refractivity contribution in [3.05, 3.63) is 28.8 Å². The molecule has 23 heavy (non-hydrogen) atoms. The number of hydrogen-bond donors (Lipinski definition) is 1. The number of aryl methyl sites for hydroxylation is 1. The molecule has 2 unspecified atom stereocenters. The van der Waals surface area contributed by atoms with Crippen LogP contribution in [0, 0.1) is 5.92 Å². The van der Waals surface area contributed by atoms with Gasteiger partial charge in [0.2, 0.25) is 5.91 Å². The first-order valence-corrected chi connectivity index (χ1v) is 8.75. The summed E-state index contributed by atoms with van der Waals surface area (Å²) in [6.45, 7) is 7.63. The fourth-order valence-electron chi connectivity index (χ4n) is 3.40. The van der Waals surface area contributed by atoms with Crippen molar-refractivity contribution in [2.45, 2.75) is 39.2 Å². The Hall–Kier alpha value is -1.26. The van der Waals surface area contributed by atoms with Gasteiger partial charge in [-0.25, -0.2) is 0 Å². The molecule has 0 saturated carbocycles. The van der Waals surface area contributed by atoms with Crippen molar-refractivity contribution in [1.29, 1.82) is 0 Å². The van der Waals surface area contributed by atoms with Crippen LogP contribution in [0.1, 0.15) is 32.3 Å². The third kappa shape index (κ3) is 4.61. The van der Waals surface area contributed by atoms with Crippen LogP contribution >= 0.6 is 11.6 Å². The number of carbonyl (C=O) groups excluding carboxylic acids is 1. The third-order valence-electron chi connectivity index (χ3n) is 4.92. The Morgan fingerprint density at radius 3 is 2.83 bits per heavy atom. The van der Waals surface area contributed by atoms with Gasteiger partial charge in [0.25, 0.3) is 0 Å². The maximum Gasteiger partial charge on any atom is 0.222 e. The van der Waals surface area contributed by atoms with Crippen molar-refractivity contribution in [3.8, 4) is 5.75 Å². The van der Waals surface area contributed by atoms with Crippen molar-refractivity contribution in [2.75, 3.05) is 26.7 Å². The number of carbonyl (C=O) groups is 1. The van der Waals surface area contributed by atoms with E-state index in [0.717, 1.165) is 31.6 Å². The number of phenolic OH excluding ortho intramolecular Hbond substituents is 1. The molecule has 1 fully saturated rings. The Morgan fingerprint density at radius 1 is 1.48 bits per heavy atom. The highest BCUT2D eigenvalue weighted by atomic mass is 35.5. The first-order chi connectivity index (χ1) is 10.9. The molecule has 1 saturated heterocycles. The van der Waals surface area contributed by atoms with Crippen LogP contribution in [0.2, 0.25) is 5.02 Å². The van der Waals surface area contributed by atoms with Crippen molar-refractivity contribution in [1.82, 2.24) is 9.80 Å². The highest BCUT2D eigenvalue weighted by Crippen LogP contribution is 2.25. The molecule has 0 aliphatic carbocycles. The molecule has 0 aromatic heterocycles. The number of nitrogens with zero attached hydrogens (tertiary/aromatic N) is 2. The first-order valence-electron chi connectivity index (χ1n) is 8.37. The Kier molecular flexibility index (Phi) is 6.31. The van der Waals surface area contributed by atoms with E-state index in [1.807, 2.05) is 18.0 Å². The molecular formula is C18H27ClN2O2. The van der Waals surface area contributed by atoms with Gasteiger partial charge >= 0.3 is 0 Å². The van der Waals surface area contributed by atoms with E-state index in [1.165, 1.54) is 0 Å². The summed E-state index contributed by atoms with van der Waals surface area (Å²) in [6, 6.07) is 5.45. The van der Waals surface area contributed by atoms with E-state index >= 15 is 0 Å². The molecule has 1 N–H and O–H groups in total. The standard InChI is InChI=1S/C18H27ClN2O2/c1-4-21-10-9-16(13(2)12-21)20(3)18(23)8-6-14-5-7-17(22)15(19)11-14/h5,7,11,13,16,22H,4,6,8-10,12H2,1-3H3. The van der Waals surface area contributed by atoms with Crippen molar-refractivity contribution in [2.24, 2.45) is 5.92 Å². The van der Waals surface area contributed by atoms with Gasteiger partial charge in [0.1, 0.15) is 5.75 Å². The van der Waals surface area contributed by atoms with Crippen LogP contribution in [0.15, 0.2) is 18.2 Å². The average Bonchev–Trinajstić information content (AvgIpc) is 2.54. The second-order valence-electron chi connectivity index (χ2n) is 6.52. The highest BCUT2D eigenvalue weighted by Gasteiger charge is 2.30.